The first-order valence-corrected chi connectivity index (χ1v) is 7.79. The minimum absolute atomic E-state index is 0.508. The van der Waals surface area contributed by atoms with Gasteiger partial charge in [-0.15, -0.1) is 0 Å². The van der Waals surface area contributed by atoms with E-state index in [0.29, 0.717) is 39.6 Å². The summed E-state index contributed by atoms with van der Waals surface area (Å²) < 4.78 is 22.2. The zero-order valence-electron chi connectivity index (χ0n) is 13.3. The summed E-state index contributed by atoms with van der Waals surface area (Å²) >= 11 is 0. The fraction of sp³-hybridized carbons (Fsp3) is 0.444. The maximum atomic E-state index is 5.81. The smallest absolute Gasteiger partial charge is 0.161 e. The van der Waals surface area contributed by atoms with Gasteiger partial charge in [-0.1, -0.05) is 24.3 Å². The summed E-state index contributed by atoms with van der Waals surface area (Å²) in [4.78, 5) is 0. The van der Waals surface area contributed by atoms with Crippen LogP contribution in [0.25, 0.3) is 10.8 Å². The largest absolute Gasteiger partial charge is 0.487 e. The maximum absolute atomic E-state index is 5.81. The van der Waals surface area contributed by atoms with Gasteiger partial charge in [-0.25, -0.2) is 0 Å². The van der Waals surface area contributed by atoms with Crippen molar-refractivity contribution in [1.29, 1.82) is 0 Å². The lowest BCUT2D eigenvalue weighted by atomic mass is 10.1. The molecular weight excluding hydrogens is 280 g/mol. The lowest BCUT2D eigenvalue weighted by Gasteiger charge is -2.14. The van der Waals surface area contributed by atoms with Crippen molar-refractivity contribution in [2.24, 2.45) is 0 Å². The van der Waals surface area contributed by atoms with Crippen molar-refractivity contribution in [2.75, 3.05) is 39.6 Å². The molecule has 0 heterocycles. The van der Waals surface area contributed by atoms with Crippen LogP contribution in [0.5, 0.6) is 11.5 Å². The van der Waals surface area contributed by atoms with E-state index >= 15 is 0 Å². The van der Waals surface area contributed by atoms with Crippen LogP contribution in [-0.4, -0.2) is 39.6 Å². The molecule has 0 spiro atoms. The normalized spacial score (nSPS) is 10.8. The molecule has 0 bridgehead atoms. The Labute approximate surface area is 131 Å². The topological polar surface area (TPSA) is 36.9 Å². The van der Waals surface area contributed by atoms with Gasteiger partial charge in [0.1, 0.15) is 13.2 Å². The predicted molar refractivity (Wildman–Crippen MR) is 87.9 cm³/mol. The summed E-state index contributed by atoms with van der Waals surface area (Å²) in [5, 5.41) is 2.26. The van der Waals surface area contributed by atoms with Crippen molar-refractivity contribution >= 4 is 10.8 Å². The van der Waals surface area contributed by atoms with Crippen LogP contribution in [0.2, 0.25) is 0 Å². The Hall–Kier alpha value is -1.78. The van der Waals surface area contributed by atoms with Gasteiger partial charge in [0.2, 0.25) is 0 Å². The van der Waals surface area contributed by atoms with Gasteiger partial charge in [0, 0.05) is 13.2 Å². The average Bonchev–Trinajstić information content (AvgIpc) is 2.55. The Bertz CT molecular complexity index is 518. The highest BCUT2D eigenvalue weighted by Crippen LogP contribution is 2.32. The SMILES string of the molecule is CCOCCOc1cc2ccccc2cc1OCCOCC. The van der Waals surface area contributed by atoms with Gasteiger partial charge in [0.25, 0.3) is 0 Å². The number of rotatable bonds is 10. The summed E-state index contributed by atoms with van der Waals surface area (Å²) in [6.07, 6.45) is 0. The molecule has 0 unspecified atom stereocenters. The van der Waals surface area contributed by atoms with Crippen LogP contribution < -0.4 is 9.47 Å². The summed E-state index contributed by atoms with van der Waals surface area (Å²) in [6.45, 7) is 7.49. The highest BCUT2D eigenvalue weighted by atomic mass is 16.6. The minimum atomic E-state index is 0.508. The van der Waals surface area contributed by atoms with Gasteiger partial charge in [0.15, 0.2) is 11.5 Å². The standard InChI is InChI=1S/C18H24O4/c1-3-19-9-11-21-17-13-15-7-5-6-8-16(15)14-18(17)22-12-10-20-4-2/h5-8,13-14H,3-4,9-12H2,1-2H3. The van der Waals surface area contributed by atoms with E-state index in [4.69, 9.17) is 18.9 Å². The van der Waals surface area contributed by atoms with Crippen molar-refractivity contribution in [2.45, 2.75) is 13.8 Å². The highest BCUT2D eigenvalue weighted by molar-refractivity contribution is 5.86. The molecule has 0 aromatic heterocycles. The summed E-state index contributed by atoms with van der Waals surface area (Å²) in [5.41, 5.74) is 0. The Balaban J connectivity index is 2.09. The number of hydrogen-bond acceptors (Lipinski definition) is 4. The second-order valence-electron chi connectivity index (χ2n) is 4.74. The van der Waals surface area contributed by atoms with E-state index in [-0.39, 0.29) is 0 Å². The van der Waals surface area contributed by atoms with Crippen LogP contribution in [0.3, 0.4) is 0 Å². The van der Waals surface area contributed by atoms with Gasteiger partial charge in [-0.3, -0.25) is 0 Å². The van der Waals surface area contributed by atoms with Crippen molar-refractivity contribution in [3.8, 4) is 11.5 Å². The number of ether oxygens (including phenoxy) is 4. The summed E-state index contributed by atoms with van der Waals surface area (Å²) in [7, 11) is 0. The third-order valence-electron chi connectivity index (χ3n) is 3.19. The van der Waals surface area contributed by atoms with Gasteiger partial charge in [-0.05, 0) is 36.8 Å². The third-order valence-corrected chi connectivity index (χ3v) is 3.19. The second-order valence-corrected chi connectivity index (χ2v) is 4.74. The summed E-state index contributed by atoms with van der Waals surface area (Å²) in [5.74, 6) is 1.49. The fourth-order valence-electron chi connectivity index (χ4n) is 2.13. The minimum Gasteiger partial charge on any atom is -0.487 e. The summed E-state index contributed by atoms with van der Waals surface area (Å²) in [6, 6.07) is 12.2. The number of hydrogen-bond donors (Lipinski definition) is 0. The molecule has 0 saturated heterocycles. The molecule has 0 aliphatic carbocycles. The second kappa shape index (κ2) is 9.28. The van der Waals surface area contributed by atoms with E-state index in [9.17, 15) is 0 Å². The molecule has 0 radical (unpaired) electrons. The predicted octanol–water partition coefficient (Wildman–Crippen LogP) is 3.67. The molecule has 2 aromatic rings. The Kier molecular flexibility index (Phi) is 7.00. The van der Waals surface area contributed by atoms with Crippen LogP contribution in [0, 0.1) is 0 Å². The third kappa shape index (κ3) is 4.90. The molecular formula is C18H24O4. The average molecular weight is 304 g/mol. The van der Waals surface area contributed by atoms with E-state index in [1.165, 1.54) is 0 Å². The zero-order valence-corrected chi connectivity index (χ0v) is 13.3. The highest BCUT2D eigenvalue weighted by Gasteiger charge is 2.08. The van der Waals surface area contributed by atoms with Gasteiger partial charge >= 0.3 is 0 Å². The van der Waals surface area contributed by atoms with Crippen LogP contribution >= 0.6 is 0 Å². The van der Waals surface area contributed by atoms with E-state index in [1.807, 2.05) is 38.1 Å². The van der Waals surface area contributed by atoms with Crippen LogP contribution in [0.4, 0.5) is 0 Å². The molecule has 0 N–H and O–H groups in total. The molecule has 0 aliphatic rings. The first kappa shape index (κ1) is 16.6. The molecule has 0 amide bonds. The van der Waals surface area contributed by atoms with Crippen LogP contribution in [-0.2, 0) is 9.47 Å². The molecule has 0 saturated carbocycles. The number of benzene rings is 2. The van der Waals surface area contributed by atoms with Crippen molar-refractivity contribution in [3.63, 3.8) is 0 Å². The fourth-order valence-corrected chi connectivity index (χ4v) is 2.13. The molecule has 2 rings (SSSR count). The molecule has 120 valence electrons. The molecule has 0 atom stereocenters. The monoisotopic (exact) mass is 304 g/mol. The van der Waals surface area contributed by atoms with E-state index in [1.54, 1.807) is 0 Å². The Morgan fingerprint density at radius 2 is 1.14 bits per heavy atom. The molecule has 0 fully saturated rings. The molecule has 0 aliphatic heterocycles. The molecule has 22 heavy (non-hydrogen) atoms. The van der Waals surface area contributed by atoms with Crippen LogP contribution in [0.15, 0.2) is 36.4 Å². The van der Waals surface area contributed by atoms with Crippen LogP contribution in [0.1, 0.15) is 13.8 Å². The van der Waals surface area contributed by atoms with Gasteiger partial charge in [-0.2, -0.15) is 0 Å². The maximum Gasteiger partial charge on any atom is 0.161 e. The lowest BCUT2D eigenvalue weighted by molar-refractivity contribution is 0.100. The van der Waals surface area contributed by atoms with E-state index in [0.717, 1.165) is 22.3 Å². The van der Waals surface area contributed by atoms with E-state index in [2.05, 4.69) is 12.1 Å². The van der Waals surface area contributed by atoms with E-state index < -0.39 is 0 Å². The Morgan fingerprint density at radius 1 is 0.682 bits per heavy atom. The van der Waals surface area contributed by atoms with Crippen molar-refractivity contribution < 1.29 is 18.9 Å². The zero-order chi connectivity index (χ0) is 15.6. The molecule has 2 aromatic carbocycles. The first-order chi connectivity index (χ1) is 10.8. The van der Waals surface area contributed by atoms with Crippen molar-refractivity contribution in [1.82, 2.24) is 0 Å². The molecule has 4 nitrogen and oxygen atoms in total. The first-order valence-electron chi connectivity index (χ1n) is 7.79. The quantitative estimate of drug-likeness (QED) is 0.628. The Morgan fingerprint density at radius 3 is 1.55 bits per heavy atom. The molecule has 4 heteroatoms. The lowest BCUT2D eigenvalue weighted by Crippen LogP contribution is -2.10. The number of fused-ring (bicyclic) bond motifs is 1. The van der Waals surface area contributed by atoms with Gasteiger partial charge < -0.3 is 18.9 Å². The van der Waals surface area contributed by atoms with Gasteiger partial charge in [0.05, 0.1) is 13.2 Å². The van der Waals surface area contributed by atoms with Crippen molar-refractivity contribution in [3.05, 3.63) is 36.4 Å².